The molecule has 3 heteroatoms. The Hall–Kier alpha value is -0.380. The standard InChI is InChI=1S/C16H26N2S/c1-13-3-2-9-18(10-8-13)12-16-7-6-15(19-16)11-17-14-4-5-14/h6-7,13-14,17H,2-5,8-12H2,1H3. The Balaban J connectivity index is 1.48. The first-order chi connectivity index (χ1) is 9.29. The molecular formula is C16H26N2S. The van der Waals surface area contributed by atoms with Crippen molar-refractivity contribution in [3.05, 3.63) is 21.9 Å². The molecule has 1 N–H and O–H groups in total. The molecule has 19 heavy (non-hydrogen) atoms. The molecule has 1 saturated carbocycles. The van der Waals surface area contributed by atoms with Crippen molar-refractivity contribution in [3.63, 3.8) is 0 Å². The van der Waals surface area contributed by atoms with Gasteiger partial charge in [-0.25, -0.2) is 0 Å². The topological polar surface area (TPSA) is 15.3 Å². The van der Waals surface area contributed by atoms with Crippen LogP contribution < -0.4 is 5.32 Å². The van der Waals surface area contributed by atoms with Gasteiger partial charge < -0.3 is 5.32 Å². The van der Waals surface area contributed by atoms with Crippen molar-refractivity contribution in [1.29, 1.82) is 0 Å². The van der Waals surface area contributed by atoms with E-state index in [0.717, 1.165) is 18.5 Å². The predicted octanol–water partition coefficient (Wildman–Crippen LogP) is 3.62. The molecule has 3 rings (SSSR count). The van der Waals surface area contributed by atoms with E-state index in [4.69, 9.17) is 0 Å². The Morgan fingerprint density at radius 3 is 2.84 bits per heavy atom. The Morgan fingerprint density at radius 2 is 2.00 bits per heavy atom. The van der Waals surface area contributed by atoms with Crippen LogP contribution in [0.4, 0.5) is 0 Å². The molecule has 1 aliphatic carbocycles. The van der Waals surface area contributed by atoms with Crippen LogP contribution in [0.1, 0.15) is 48.8 Å². The maximum absolute atomic E-state index is 3.60. The van der Waals surface area contributed by atoms with Gasteiger partial charge in [-0.1, -0.05) is 6.92 Å². The molecule has 0 amide bonds. The van der Waals surface area contributed by atoms with E-state index in [0.29, 0.717) is 0 Å². The summed E-state index contributed by atoms with van der Waals surface area (Å²) in [6.45, 7) is 7.22. The van der Waals surface area contributed by atoms with Gasteiger partial charge in [0.25, 0.3) is 0 Å². The molecule has 106 valence electrons. The summed E-state index contributed by atoms with van der Waals surface area (Å²) in [6, 6.07) is 5.47. The van der Waals surface area contributed by atoms with Crippen LogP contribution in [-0.2, 0) is 13.1 Å². The van der Waals surface area contributed by atoms with Gasteiger partial charge in [0.2, 0.25) is 0 Å². The Kier molecular flexibility index (Phi) is 4.57. The highest BCUT2D eigenvalue weighted by Gasteiger charge is 2.20. The third kappa shape index (κ3) is 4.30. The number of likely N-dealkylation sites (tertiary alicyclic amines) is 1. The molecule has 1 atom stereocenters. The van der Waals surface area contributed by atoms with Gasteiger partial charge in [0.15, 0.2) is 0 Å². The first kappa shape index (κ1) is 13.6. The third-order valence-corrected chi connectivity index (χ3v) is 5.42. The molecule has 1 unspecified atom stereocenters. The van der Waals surface area contributed by atoms with Crippen LogP contribution in [0.2, 0.25) is 0 Å². The summed E-state index contributed by atoms with van der Waals surface area (Å²) >= 11 is 2.00. The van der Waals surface area contributed by atoms with Crippen molar-refractivity contribution in [3.8, 4) is 0 Å². The lowest BCUT2D eigenvalue weighted by molar-refractivity contribution is 0.276. The lowest BCUT2D eigenvalue weighted by Gasteiger charge is -2.18. The minimum atomic E-state index is 0.817. The minimum Gasteiger partial charge on any atom is -0.309 e. The van der Waals surface area contributed by atoms with Crippen LogP contribution in [0.3, 0.4) is 0 Å². The summed E-state index contributed by atoms with van der Waals surface area (Å²) in [5.74, 6) is 0.923. The molecule has 0 radical (unpaired) electrons. The highest BCUT2D eigenvalue weighted by Crippen LogP contribution is 2.24. The van der Waals surface area contributed by atoms with E-state index in [2.05, 4.69) is 29.3 Å². The van der Waals surface area contributed by atoms with Crippen LogP contribution in [0.25, 0.3) is 0 Å². The first-order valence-corrected chi connectivity index (χ1v) is 8.64. The van der Waals surface area contributed by atoms with E-state index in [-0.39, 0.29) is 0 Å². The zero-order valence-electron chi connectivity index (χ0n) is 12.0. The van der Waals surface area contributed by atoms with Gasteiger partial charge in [-0.3, -0.25) is 4.90 Å². The second-order valence-electron chi connectivity index (χ2n) is 6.34. The molecule has 1 aromatic heterocycles. The van der Waals surface area contributed by atoms with Crippen molar-refractivity contribution in [1.82, 2.24) is 10.2 Å². The molecular weight excluding hydrogens is 252 g/mol. The average Bonchev–Trinajstić information content (AvgIpc) is 3.16. The number of thiophene rings is 1. The largest absolute Gasteiger partial charge is 0.309 e. The minimum absolute atomic E-state index is 0.817. The molecule has 1 saturated heterocycles. The maximum Gasteiger partial charge on any atom is 0.0328 e. The summed E-state index contributed by atoms with van der Waals surface area (Å²) in [5.41, 5.74) is 0. The second kappa shape index (κ2) is 6.38. The first-order valence-electron chi connectivity index (χ1n) is 7.83. The van der Waals surface area contributed by atoms with Gasteiger partial charge in [0, 0.05) is 28.9 Å². The van der Waals surface area contributed by atoms with Crippen LogP contribution in [0.15, 0.2) is 12.1 Å². The zero-order chi connectivity index (χ0) is 13.1. The van der Waals surface area contributed by atoms with Crippen LogP contribution in [-0.4, -0.2) is 24.0 Å². The normalized spacial score (nSPS) is 25.4. The van der Waals surface area contributed by atoms with Gasteiger partial charge >= 0.3 is 0 Å². The lowest BCUT2D eigenvalue weighted by atomic mass is 10.0. The van der Waals surface area contributed by atoms with Gasteiger partial charge in [0.05, 0.1) is 0 Å². The van der Waals surface area contributed by atoms with Crippen molar-refractivity contribution in [2.45, 2.75) is 58.2 Å². The molecule has 0 spiro atoms. The van der Waals surface area contributed by atoms with Crippen LogP contribution >= 0.6 is 11.3 Å². The van der Waals surface area contributed by atoms with Crippen molar-refractivity contribution < 1.29 is 0 Å². The number of hydrogen-bond donors (Lipinski definition) is 1. The van der Waals surface area contributed by atoms with E-state index in [1.54, 1.807) is 4.88 Å². The Bertz CT molecular complexity index is 397. The van der Waals surface area contributed by atoms with Crippen molar-refractivity contribution in [2.24, 2.45) is 5.92 Å². The van der Waals surface area contributed by atoms with Gasteiger partial charge in [-0.2, -0.15) is 0 Å². The van der Waals surface area contributed by atoms with E-state index >= 15 is 0 Å². The smallest absolute Gasteiger partial charge is 0.0328 e. The fourth-order valence-electron chi connectivity index (χ4n) is 2.84. The lowest BCUT2D eigenvalue weighted by Crippen LogP contribution is -2.23. The van der Waals surface area contributed by atoms with Crippen molar-refractivity contribution in [2.75, 3.05) is 13.1 Å². The zero-order valence-corrected chi connectivity index (χ0v) is 12.8. The molecule has 2 aliphatic rings. The van der Waals surface area contributed by atoms with E-state index in [1.807, 2.05) is 11.3 Å². The SMILES string of the molecule is CC1CCCN(Cc2ccc(CNC3CC3)s2)CC1. The highest BCUT2D eigenvalue weighted by molar-refractivity contribution is 7.11. The molecule has 1 aliphatic heterocycles. The van der Waals surface area contributed by atoms with Crippen molar-refractivity contribution >= 4 is 11.3 Å². The number of nitrogens with one attached hydrogen (secondary N) is 1. The molecule has 0 aromatic carbocycles. The molecule has 2 nitrogen and oxygen atoms in total. The highest BCUT2D eigenvalue weighted by atomic mass is 32.1. The number of rotatable bonds is 5. The maximum atomic E-state index is 3.60. The predicted molar refractivity (Wildman–Crippen MR) is 82.5 cm³/mol. The fraction of sp³-hybridized carbons (Fsp3) is 0.750. The van der Waals surface area contributed by atoms with Crippen LogP contribution in [0.5, 0.6) is 0 Å². The summed E-state index contributed by atoms with van der Waals surface area (Å²) in [7, 11) is 0. The average molecular weight is 278 g/mol. The summed E-state index contributed by atoms with van der Waals surface area (Å²) in [4.78, 5) is 5.69. The second-order valence-corrected chi connectivity index (χ2v) is 7.59. The molecule has 0 bridgehead atoms. The fourth-order valence-corrected chi connectivity index (χ4v) is 3.85. The quantitative estimate of drug-likeness (QED) is 0.885. The molecule has 2 heterocycles. The summed E-state index contributed by atoms with van der Waals surface area (Å²) in [6.07, 6.45) is 6.93. The van der Waals surface area contributed by atoms with Crippen LogP contribution in [0, 0.1) is 5.92 Å². The van der Waals surface area contributed by atoms with Gasteiger partial charge in [-0.15, -0.1) is 11.3 Å². The van der Waals surface area contributed by atoms with E-state index < -0.39 is 0 Å². The number of hydrogen-bond acceptors (Lipinski definition) is 3. The Morgan fingerprint density at radius 1 is 1.16 bits per heavy atom. The summed E-state index contributed by atoms with van der Waals surface area (Å²) < 4.78 is 0. The number of nitrogens with zero attached hydrogens (tertiary/aromatic N) is 1. The Labute approximate surface area is 121 Å². The third-order valence-electron chi connectivity index (χ3n) is 4.35. The van der Waals surface area contributed by atoms with E-state index in [1.165, 1.54) is 56.6 Å². The monoisotopic (exact) mass is 278 g/mol. The van der Waals surface area contributed by atoms with Gasteiger partial charge in [-0.05, 0) is 63.2 Å². The van der Waals surface area contributed by atoms with Gasteiger partial charge in [0.1, 0.15) is 0 Å². The molecule has 2 fully saturated rings. The molecule has 1 aromatic rings. The van der Waals surface area contributed by atoms with E-state index in [9.17, 15) is 0 Å². The summed E-state index contributed by atoms with van der Waals surface area (Å²) in [5, 5.41) is 3.60.